The number of hydrogen-bond donors (Lipinski definition) is 1. The van der Waals surface area contributed by atoms with Gasteiger partial charge in [0, 0.05) is 19.1 Å². The molecule has 1 heterocycles. The van der Waals surface area contributed by atoms with Crippen LogP contribution in [0.25, 0.3) is 0 Å². The lowest BCUT2D eigenvalue weighted by Gasteiger charge is -2.25. The number of carbonyl (C=O) groups is 1. The van der Waals surface area contributed by atoms with Crippen molar-refractivity contribution in [1.29, 1.82) is 0 Å². The van der Waals surface area contributed by atoms with Crippen molar-refractivity contribution < 1.29 is 13.6 Å². The van der Waals surface area contributed by atoms with Crippen molar-refractivity contribution in [3.63, 3.8) is 0 Å². The minimum Gasteiger partial charge on any atom is -0.455 e. The quantitative estimate of drug-likeness (QED) is 0.613. The van der Waals surface area contributed by atoms with Crippen molar-refractivity contribution in [2.24, 2.45) is 0 Å². The second-order valence-corrected chi connectivity index (χ2v) is 7.06. The van der Waals surface area contributed by atoms with Crippen LogP contribution in [0.1, 0.15) is 41.3 Å². The smallest absolute Gasteiger partial charge is 0.287 e. The summed E-state index contributed by atoms with van der Waals surface area (Å²) >= 11 is 0. The molecule has 0 saturated carbocycles. The highest BCUT2D eigenvalue weighted by molar-refractivity contribution is 5.91. The average molecular weight is 380 g/mol. The van der Waals surface area contributed by atoms with Gasteiger partial charge < -0.3 is 9.73 Å². The minimum absolute atomic E-state index is 0.278. The van der Waals surface area contributed by atoms with Gasteiger partial charge in [0.15, 0.2) is 5.76 Å². The van der Waals surface area contributed by atoms with Crippen LogP contribution in [-0.4, -0.2) is 16.8 Å². The third-order valence-electron chi connectivity index (χ3n) is 4.57. The monoisotopic (exact) mass is 380 g/mol. The maximum atomic E-state index is 12.9. The van der Waals surface area contributed by atoms with Gasteiger partial charge in [0.25, 0.3) is 5.91 Å². The highest BCUT2D eigenvalue weighted by atomic mass is 19.1. The molecule has 1 amide bonds. The van der Waals surface area contributed by atoms with Crippen molar-refractivity contribution in [3.8, 4) is 0 Å². The SMILES string of the molecule is CC(C)N(Cc1ccccc1)Cc1ccc(C(=O)NCc2ccc(F)cc2)o1. The molecule has 3 rings (SSSR count). The van der Waals surface area contributed by atoms with Crippen LogP contribution in [0.4, 0.5) is 4.39 Å². The van der Waals surface area contributed by atoms with Crippen molar-refractivity contribution >= 4 is 5.91 Å². The Morgan fingerprint density at radius 1 is 0.964 bits per heavy atom. The second kappa shape index (κ2) is 9.33. The number of hydrogen-bond acceptors (Lipinski definition) is 3. The van der Waals surface area contributed by atoms with Crippen molar-refractivity contribution in [3.05, 3.63) is 95.2 Å². The fraction of sp³-hybridized carbons (Fsp3) is 0.261. The third kappa shape index (κ3) is 5.54. The van der Waals surface area contributed by atoms with E-state index in [0.29, 0.717) is 19.1 Å². The molecule has 0 aliphatic heterocycles. The zero-order chi connectivity index (χ0) is 19.9. The Labute approximate surface area is 165 Å². The Bertz CT molecular complexity index is 888. The molecule has 4 nitrogen and oxygen atoms in total. The summed E-state index contributed by atoms with van der Waals surface area (Å²) in [5.41, 5.74) is 2.07. The van der Waals surface area contributed by atoms with Gasteiger partial charge in [-0.25, -0.2) is 4.39 Å². The summed E-state index contributed by atoms with van der Waals surface area (Å²) in [4.78, 5) is 14.6. The van der Waals surface area contributed by atoms with E-state index in [1.807, 2.05) is 24.3 Å². The average Bonchev–Trinajstić information content (AvgIpc) is 3.16. The standard InChI is InChI=1S/C23H25FN2O2/c1-17(2)26(15-19-6-4-3-5-7-19)16-21-12-13-22(28-21)23(27)25-14-18-8-10-20(24)11-9-18/h3-13,17H,14-16H2,1-2H3,(H,25,27). The first kappa shape index (κ1) is 19.8. The van der Waals surface area contributed by atoms with Gasteiger partial charge in [0.1, 0.15) is 11.6 Å². The maximum absolute atomic E-state index is 12.9. The van der Waals surface area contributed by atoms with Crippen LogP contribution in [0.5, 0.6) is 0 Å². The molecular formula is C23H25FN2O2. The molecule has 0 fully saturated rings. The molecule has 28 heavy (non-hydrogen) atoms. The van der Waals surface area contributed by atoms with Crippen LogP contribution in [0, 0.1) is 5.82 Å². The Hall–Kier alpha value is -2.92. The summed E-state index contributed by atoms with van der Waals surface area (Å²) in [7, 11) is 0. The molecule has 2 aromatic carbocycles. The number of amides is 1. The summed E-state index contributed by atoms with van der Waals surface area (Å²) in [6.45, 7) is 6.04. The van der Waals surface area contributed by atoms with E-state index in [2.05, 4.69) is 36.2 Å². The van der Waals surface area contributed by atoms with Crippen LogP contribution < -0.4 is 5.32 Å². The largest absolute Gasteiger partial charge is 0.455 e. The third-order valence-corrected chi connectivity index (χ3v) is 4.57. The van der Waals surface area contributed by atoms with Crippen molar-refractivity contribution in [2.75, 3.05) is 0 Å². The van der Waals surface area contributed by atoms with Crippen LogP contribution in [-0.2, 0) is 19.6 Å². The molecule has 5 heteroatoms. The first-order chi connectivity index (χ1) is 13.5. The molecule has 0 atom stereocenters. The van der Waals surface area contributed by atoms with E-state index in [1.165, 1.54) is 17.7 Å². The lowest BCUT2D eigenvalue weighted by molar-refractivity contribution is 0.0917. The summed E-state index contributed by atoms with van der Waals surface area (Å²) in [5.74, 6) is 0.447. The molecule has 146 valence electrons. The molecule has 0 radical (unpaired) electrons. The molecular weight excluding hydrogens is 355 g/mol. The predicted octanol–water partition coefficient (Wildman–Crippen LogP) is 4.76. The molecule has 0 bridgehead atoms. The van der Waals surface area contributed by atoms with Crippen molar-refractivity contribution in [1.82, 2.24) is 10.2 Å². The predicted molar refractivity (Wildman–Crippen MR) is 107 cm³/mol. The molecule has 0 saturated heterocycles. The van der Waals surface area contributed by atoms with Crippen molar-refractivity contribution in [2.45, 2.75) is 39.5 Å². The number of rotatable bonds is 8. The zero-order valence-corrected chi connectivity index (χ0v) is 16.2. The van der Waals surface area contributed by atoms with E-state index < -0.39 is 0 Å². The number of nitrogens with one attached hydrogen (secondary N) is 1. The van der Waals surface area contributed by atoms with Crippen LogP contribution >= 0.6 is 0 Å². The highest BCUT2D eigenvalue weighted by Gasteiger charge is 2.16. The summed E-state index contributed by atoms with van der Waals surface area (Å²) in [6.07, 6.45) is 0. The zero-order valence-electron chi connectivity index (χ0n) is 16.2. The van der Waals surface area contributed by atoms with E-state index in [9.17, 15) is 9.18 Å². The molecule has 0 aliphatic rings. The van der Waals surface area contributed by atoms with Gasteiger partial charge in [0.05, 0.1) is 6.54 Å². The van der Waals surface area contributed by atoms with E-state index >= 15 is 0 Å². The van der Waals surface area contributed by atoms with Gasteiger partial charge in [-0.1, -0.05) is 42.5 Å². The summed E-state index contributed by atoms with van der Waals surface area (Å²) in [5, 5.41) is 2.80. The number of halogens is 1. The highest BCUT2D eigenvalue weighted by Crippen LogP contribution is 2.16. The molecule has 0 unspecified atom stereocenters. The molecule has 1 aromatic heterocycles. The minimum atomic E-state index is -0.295. The summed E-state index contributed by atoms with van der Waals surface area (Å²) < 4.78 is 18.7. The second-order valence-electron chi connectivity index (χ2n) is 7.06. The Morgan fingerprint density at radius 2 is 1.68 bits per heavy atom. The van der Waals surface area contributed by atoms with Gasteiger partial charge >= 0.3 is 0 Å². The maximum Gasteiger partial charge on any atom is 0.287 e. The van der Waals surface area contributed by atoms with Gasteiger partial charge in [-0.2, -0.15) is 0 Å². The molecule has 0 aliphatic carbocycles. The normalized spacial score (nSPS) is 11.2. The lowest BCUT2D eigenvalue weighted by Crippen LogP contribution is -2.29. The Kier molecular flexibility index (Phi) is 6.61. The Morgan fingerprint density at radius 3 is 2.36 bits per heavy atom. The fourth-order valence-corrected chi connectivity index (χ4v) is 2.90. The van der Waals surface area contributed by atoms with Crippen LogP contribution in [0.2, 0.25) is 0 Å². The van der Waals surface area contributed by atoms with E-state index in [4.69, 9.17) is 4.42 Å². The Balaban J connectivity index is 1.58. The lowest BCUT2D eigenvalue weighted by atomic mass is 10.2. The topological polar surface area (TPSA) is 45.5 Å². The van der Waals surface area contributed by atoms with E-state index in [1.54, 1.807) is 18.2 Å². The molecule has 1 N–H and O–H groups in total. The first-order valence-corrected chi connectivity index (χ1v) is 9.40. The van der Waals surface area contributed by atoms with E-state index in [-0.39, 0.29) is 17.5 Å². The molecule has 3 aromatic rings. The van der Waals surface area contributed by atoms with Crippen LogP contribution in [0.15, 0.2) is 71.1 Å². The van der Waals surface area contributed by atoms with Gasteiger partial charge in [0.2, 0.25) is 0 Å². The number of nitrogens with zero attached hydrogens (tertiary/aromatic N) is 1. The number of carbonyl (C=O) groups excluding carboxylic acids is 1. The van der Waals surface area contributed by atoms with Gasteiger partial charge in [-0.15, -0.1) is 0 Å². The fourth-order valence-electron chi connectivity index (χ4n) is 2.90. The van der Waals surface area contributed by atoms with Gasteiger partial charge in [-0.05, 0) is 49.2 Å². The first-order valence-electron chi connectivity index (χ1n) is 9.40. The van der Waals surface area contributed by atoms with Gasteiger partial charge in [-0.3, -0.25) is 9.69 Å². The molecule has 0 spiro atoms. The van der Waals surface area contributed by atoms with Crippen LogP contribution in [0.3, 0.4) is 0 Å². The number of furan rings is 1. The van der Waals surface area contributed by atoms with E-state index in [0.717, 1.165) is 17.9 Å². The summed E-state index contributed by atoms with van der Waals surface area (Å²) in [6, 6.07) is 20.2. The number of benzene rings is 2.